The Hall–Kier alpha value is -1.62. The molecule has 0 aromatic carbocycles. The third kappa shape index (κ3) is 3.43. The maximum atomic E-state index is 5.72. The van der Waals surface area contributed by atoms with Crippen LogP contribution in [0.4, 0.5) is 0 Å². The first-order valence-corrected chi connectivity index (χ1v) is 6.26. The van der Waals surface area contributed by atoms with Gasteiger partial charge in [-0.05, 0) is 25.5 Å². The molecule has 0 amide bonds. The van der Waals surface area contributed by atoms with Crippen LogP contribution in [0.5, 0.6) is 0 Å². The van der Waals surface area contributed by atoms with Gasteiger partial charge >= 0.3 is 0 Å². The second-order valence-corrected chi connectivity index (χ2v) is 4.91. The van der Waals surface area contributed by atoms with Crippen LogP contribution in [-0.4, -0.2) is 21.3 Å². The van der Waals surface area contributed by atoms with Gasteiger partial charge in [-0.25, -0.2) is 9.67 Å². The topological polar surface area (TPSA) is 55.9 Å². The highest BCUT2D eigenvalue weighted by molar-refractivity contribution is 5.20. The first-order valence-electron chi connectivity index (χ1n) is 6.26. The Balaban J connectivity index is 1.94. The van der Waals surface area contributed by atoms with Crippen LogP contribution < -0.4 is 5.32 Å². The fourth-order valence-electron chi connectivity index (χ4n) is 1.80. The van der Waals surface area contributed by atoms with Crippen LogP contribution in [0.25, 0.3) is 0 Å². The van der Waals surface area contributed by atoms with E-state index in [2.05, 4.69) is 35.3 Å². The fourth-order valence-corrected chi connectivity index (χ4v) is 1.80. The summed E-state index contributed by atoms with van der Waals surface area (Å²) in [6.45, 7) is 8.85. The van der Waals surface area contributed by atoms with E-state index in [-0.39, 0.29) is 0 Å². The number of rotatable bonds is 6. The van der Waals surface area contributed by atoms with Crippen LogP contribution in [0.3, 0.4) is 0 Å². The van der Waals surface area contributed by atoms with Crippen molar-refractivity contribution in [3.05, 3.63) is 35.8 Å². The van der Waals surface area contributed by atoms with E-state index in [0.717, 1.165) is 30.2 Å². The molecule has 0 fully saturated rings. The third-order valence-electron chi connectivity index (χ3n) is 2.72. The summed E-state index contributed by atoms with van der Waals surface area (Å²) in [7, 11) is 0. The molecule has 2 heterocycles. The summed E-state index contributed by atoms with van der Waals surface area (Å²) in [5.74, 6) is 2.57. The van der Waals surface area contributed by atoms with E-state index in [0.29, 0.717) is 12.5 Å². The summed E-state index contributed by atoms with van der Waals surface area (Å²) in [6, 6.07) is 2.09. The number of aryl methyl sites for hydroxylation is 1. The van der Waals surface area contributed by atoms with Gasteiger partial charge in [0.1, 0.15) is 24.2 Å². The first kappa shape index (κ1) is 12.8. The first-order chi connectivity index (χ1) is 8.65. The molecule has 0 saturated heterocycles. The normalized spacial score (nSPS) is 11.3. The van der Waals surface area contributed by atoms with Crippen molar-refractivity contribution in [2.45, 2.75) is 33.9 Å². The van der Waals surface area contributed by atoms with Crippen molar-refractivity contribution in [2.75, 3.05) is 6.54 Å². The van der Waals surface area contributed by atoms with E-state index in [4.69, 9.17) is 4.42 Å². The molecule has 0 aliphatic rings. The summed E-state index contributed by atoms with van der Waals surface area (Å²) in [5.41, 5.74) is 1.15. The highest BCUT2D eigenvalue weighted by Crippen LogP contribution is 2.15. The molecule has 98 valence electrons. The molecule has 0 bridgehead atoms. The molecule has 2 aromatic rings. The van der Waals surface area contributed by atoms with E-state index in [1.165, 1.54) is 0 Å². The van der Waals surface area contributed by atoms with Gasteiger partial charge in [0.2, 0.25) is 0 Å². The van der Waals surface area contributed by atoms with E-state index in [1.54, 1.807) is 17.3 Å². The van der Waals surface area contributed by atoms with Crippen molar-refractivity contribution in [2.24, 2.45) is 5.92 Å². The molecule has 0 atom stereocenters. The van der Waals surface area contributed by atoms with Crippen LogP contribution in [0.1, 0.15) is 30.9 Å². The van der Waals surface area contributed by atoms with Crippen LogP contribution in [0.2, 0.25) is 0 Å². The molecule has 0 saturated carbocycles. The second-order valence-electron chi connectivity index (χ2n) is 4.91. The highest BCUT2D eigenvalue weighted by Gasteiger charge is 2.08. The van der Waals surface area contributed by atoms with Gasteiger partial charge in [-0.3, -0.25) is 0 Å². The molecular weight excluding hydrogens is 228 g/mol. The average Bonchev–Trinajstić information content (AvgIpc) is 2.90. The maximum Gasteiger partial charge on any atom is 0.137 e. The van der Waals surface area contributed by atoms with Gasteiger partial charge in [-0.1, -0.05) is 13.8 Å². The Kier molecular flexibility index (Phi) is 4.15. The minimum absolute atomic E-state index is 0.649. The van der Waals surface area contributed by atoms with Crippen molar-refractivity contribution in [3.63, 3.8) is 0 Å². The largest absolute Gasteiger partial charge is 0.465 e. The molecule has 0 aliphatic heterocycles. The smallest absolute Gasteiger partial charge is 0.137 e. The van der Waals surface area contributed by atoms with Gasteiger partial charge in [0.05, 0.1) is 13.1 Å². The number of nitrogens with zero attached hydrogens (tertiary/aromatic N) is 3. The van der Waals surface area contributed by atoms with Gasteiger partial charge in [0, 0.05) is 5.56 Å². The van der Waals surface area contributed by atoms with Gasteiger partial charge in [0.25, 0.3) is 0 Å². The van der Waals surface area contributed by atoms with Crippen molar-refractivity contribution in [1.82, 2.24) is 20.1 Å². The maximum absolute atomic E-state index is 5.72. The fraction of sp³-hybridized carbons (Fsp3) is 0.538. The molecular formula is C13H20N4O. The van der Waals surface area contributed by atoms with Crippen LogP contribution in [-0.2, 0) is 13.1 Å². The van der Waals surface area contributed by atoms with Crippen LogP contribution in [0.15, 0.2) is 23.1 Å². The predicted molar refractivity (Wildman–Crippen MR) is 69.1 cm³/mol. The van der Waals surface area contributed by atoms with E-state index in [1.807, 2.05) is 6.92 Å². The molecule has 2 rings (SSSR count). The van der Waals surface area contributed by atoms with E-state index < -0.39 is 0 Å². The Bertz CT molecular complexity index is 473. The number of hydrogen-bond acceptors (Lipinski definition) is 4. The number of furan rings is 1. The Labute approximate surface area is 107 Å². The minimum atomic E-state index is 0.649. The van der Waals surface area contributed by atoms with Gasteiger partial charge in [0.15, 0.2) is 0 Å². The van der Waals surface area contributed by atoms with E-state index in [9.17, 15) is 0 Å². The highest BCUT2D eigenvalue weighted by atomic mass is 16.3. The van der Waals surface area contributed by atoms with Crippen molar-refractivity contribution in [3.8, 4) is 0 Å². The quantitative estimate of drug-likeness (QED) is 0.849. The molecule has 0 radical (unpaired) electrons. The standard InChI is InChI=1S/C13H20N4O/c1-10(2)5-14-6-13-4-12(11(3)18-13)7-17-9-15-8-16-17/h4,8-10,14H,5-7H2,1-3H3. The van der Waals surface area contributed by atoms with Crippen molar-refractivity contribution < 1.29 is 4.42 Å². The number of hydrogen-bond donors (Lipinski definition) is 1. The summed E-state index contributed by atoms with van der Waals surface area (Å²) >= 11 is 0. The summed E-state index contributed by atoms with van der Waals surface area (Å²) < 4.78 is 7.52. The number of aromatic nitrogens is 3. The average molecular weight is 248 g/mol. The predicted octanol–water partition coefficient (Wildman–Crippen LogP) is 1.97. The van der Waals surface area contributed by atoms with Gasteiger partial charge in [-0.2, -0.15) is 5.10 Å². The molecule has 0 spiro atoms. The summed E-state index contributed by atoms with van der Waals surface area (Å²) in [4.78, 5) is 3.93. The van der Waals surface area contributed by atoms with Crippen molar-refractivity contribution >= 4 is 0 Å². The Morgan fingerprint density at radius 2 is 2.28 bits per heavy atom. The Morgan fingerprint density at radius 3 is 2.94 bits per heavy atom. The van der Waals surface area contributed by atoms with Crippen LogP contribution >= 0.6 is 0 Å². The zero-order chi connectivity index (χ0) is 13.0. The molecule has 5 heteroatoms. The molecule has 0 unspecified atom stereocenters. The minimum Gasteiger partial charge on any atom is -0.465 e. The zero-order valence-corrected chi connectivity index (χ0v) is 11.2. The lowest BCUT2D eigenvalue weighted by molar-refractivity contribution is 0.446. The van der Waals surface area contributed by atoms with Gasteiger partial charge < -0.3 is 9.73 Å². The van der Waals surface area contributed by atoms with Gasteiger partial charge in [-0.15, -0.1) is 0 Å². The molecule has 18 heavy (non-hydrogen) atoms. The second kappa shape index (κ2) is 5.82. The lowest BCUT2D eigenvalue weighted by Gasteiger charge is -2.04. The lowest BCUT2D eigenvalue weighted by atomic mass is 10.2. The van der Waals surface area contributed by atoms with Crippen molar-refractivity contribution in [1.29, 1.82) is 0 Å². The zero-order valence-electron chi connectivity index (χ0n) is 11.2. The molecule has 0 aliphatic carbocycles. The third-order valence-corrected chi connectivity index (χ3v) is 2.72. The SMILES string of the molecule is Cc1oc(CNCC(C)C)cc1Cn1cncn1. The lowest BCUT2D eigenvalue weighted by Crippen LogP contribution is -2.18. The number of nitrogens with one attached hydrogen (secondary N) is 1. The van der Waals surface area contributed by atoms with E-state index >= 15 is 0 Å². The molecule has 5 nitrogen and oxygen atoms in total. The Morgan fingerprint density at radius 1 is 1.44 bits per heavy atom. The van der Waals surface area contributed by atoms with Crippen LogP contribution in [0, 0.1) is 12.8 Å². The molecule has 2 aromatic heterocycles. The summed E-state index contributed by atoms with van der Waals surface area (Å²) in [5, 5.41) is 7.47. The summed E-state index contributed by atoms with van der Waals surface area (Å²) in [6.07, 6.45) is 3.25. The molecule has 1 N–H and O–H groups in total. The monoisotopic (exact) mass is 248 g/mol.